The fourth-order valence-corrected chi connectivity index (χ4v) is 0.530. The van der Waals surface area contributed by atoms with Gasteiger partial charge in [0.1, 0.15) is 14.7 Å². The Morgan fingerprint density at radius 1 is 0.867 bits per heavy atom. The Hall–Kier alpha value is -2.40. The van der Waals surface area contributed by atoms with Crippen LogP contribution in [0.15, 0.2) is 0 Å². The van der Waals surface area contributed by atoms with Crippen LogP contribution >= 0.6 is 0 Å². The summed E-state index contributed by atoms with van der Waals surface area (Å²) >= 11 is 0. The van der Waals surface area contributed by atoms with E-state index in [4.69, 9.17) is 15.6 Å². The summed E-state index contributed by atoms with van der Waals surface area (Å²) < 4.78 is 0. The van der Waals surface area contributed by atoms with Crippen molar-refractivity contribution >= 4 is 0 Å². The van der Waals surface area contributed by atoms with Gasteiger partial charge in [0.2, 0.25) is 13.2 Å². The molecule has 0 aliphatic carbocycles. The van der Waals surface area contributed by atoms with Crippen molar-refractivity contribution in [2.75, 3.05) is 13.2 Å². The number of nitrogens with zero attached hydrogens (tertiary/aromatic N) is 3. The van der Waals surface area contributed by atoms with E-state index in [1.807, 2.05) is 0 Å². The predicted octanol–water partition coefficient (Wildman–Crippen LogP) is -1.35. The largest absolute Gasteiger partial charge is 0.475 e. The van der Waals surface area contributed by atoms with Crippen molar-refractivity contribution in [1.29, 1.82) is 0 Å². The lowest BCUT2D eigenvalue weighted by molar-refractivity contribution is -1.00. The summed E-state index contributed by atoms with van der Waals surface area (Å²) in [6.45, 7) is -1.43. The van der Waals surface area contributed by atoms with Gasteiger partial charge in [-0.15, -0.1) is 0 Å². The van der Waals surface area contributed by atoms with Gasteiger partial charge < -0.3 is 0 Å². The second-order valence-electron chi connectivity index (χ2n) is 2.03. The minimum atomic E-state index is -1.40. The van der Waals surface area contributed by atoms with E-state index in [1.54, 1.807) is 0 Å². The van der Waals surface area contributed by atoms with Crippen LogP contribution in [0.25, 0.3) is 0 Å². The van der Waals surface area contributed by atoms with Gasteiger partial charge in [-0.05, 0) is 0 Å². The van der Waals surface area contributed by atoms with Gasteiger partial charge in [-0.3, -0.25) is 0 Å². The maximum atomic E-state index is 9.97. The second-order valence-corrected chi connectivity index (χ2v) is 2.03. The summed E-state index contributed by atoms with van der Waals surface area (Å²) in [5.74, 6) is 0. The molecule has 0 heterocycles. The molecule has 0 aromatic rings. The molecule has 12 nitrogen and oxygen atoms in total. The van der Waals surface area contributed by atoms with E-state index in [9.17, 15) is 14.7 Å². The van der Waals surface area contributed by atoms with Gasteiger partial charge in [0.15, 0.2) is 0 Å². The second kappa shape index (κ2) is 6.11. The van der Waals surface area contributed by atoms with Crippen molar-refractivity contribution in [3.63, 3.8) is 0 Å². The van der Waals surface area contributed by atoms with Crippen molar-refractivity contribution in [3.8, 4) is 0 Å². The lowest BCUT2D eigenvalue weighted by Gasteiger charge is -1.99. The first kappa shape index (κ1) is 12.6. The monoisotopic (exact) mass is 230 g/mol. The zero-order valence-electron chi connectivity index (χ0n) is 7.12. The van der Waals surface area contributed by atoms with Crippen LogP contribution in [0, 0.1) is 14.7 Å². The Bertz CT molecular complexity index is 235. The zero-order valence-corrected chi connectivity index (χ0v) is 7.12. The molecule has 3 N–H and O–H groups in total. The molecule has 0 aromatic carbocycles. The Morgan fingerprint density at radius 2 is 1.27 bits per heavy atom. The van der Waals surface area contributed by atoms with Gasteiger partial charge in [-0.2, -0.15) is 14.5 Å². The van der Waals surface area contributed by atoms with Crippen molar-refractivity contribution in [1.82, 2.24) is 0 Å². The smallest absolute Gasteiger partial charge is 0.200 e. The van der Waals surface area contributed by atoms with Crippen LogP contribution in [0.3, 0.4) is 0 Å². The lowest BCUT2D eigenvalue weighted by atomic mass is 10.4. The van der Waals surface area contributed by atoms with E-state index in [1.165, 1.54) is 0 Å². The Labute approximate surface area is 80.6 Å². The number of rotatable bonds is 8. The molecule has 0 rings (SSSR count). The summed E-state index contributed by atoms with van der Waals surface area (Å²) in [4.78, 5) is 41.4. The van der Waals surface area contributed by atoms with Crippen LogP contribution in [-0.2, 0) is 14.5 Å². The molecule has 0 unspecified atom stereocenters. The molecule has 0 amide bonds. The molecule has 0 spiro atoms. The lowest BCUT2D eigenvalue weighted by Crippen LogP contribution is -2.31. The highest BCUT2D eigenvalue weighted by Crippen LogP contribution is 1.95. The molecule has 0 radical (unpaired) electrons. The van der Waals surface area contributed by atoms with E-state index in [0.29, 0.717) is 0 Å². The zero-order chi connectivity index (χ0) is 11.8. The standard InChI is InChI=1S/C3H8N3O9/c7-4(8)13-1-3(15-6(11)12)2-14-5(9)10/h3H,1-2H2,(H,7,8)(H,9,10)(H,11,12)/q+3. The van der Waals surface area contributed by atoms with E-state index >= 15 is 0 Å². The van der Waals surface area contributed by atoms with Gasteiger partial charge >= 0.3 is 15.3 Å². The molecule has 15 heavy (non-hydrogen) atoms. The third-order valence-corrected chi connectivity index (χ3v) is 0.981. The maximum absolute atomic E-state index is 9.97. The SMILES string of the molecule is O=[N+](O)OCC(CO[N+](=O)O)O[N+](=O)O. The van der Waals surface area contributed by atoms with Crippen molar-refractivity contribution < 1.29 is 45.4 Å². The molecule has 12 heteroatoms. The summed E-state index contributed by atoms with van der Waals surface area (Å²) in [5.41, 5.74) is 0. The summed E-state index contributed by atoms with van der Waals surface area (Å²) in [5, 5.41) is 21.2. The van der Waals surface area contributed by atoms with E-state index < -0.39 is 34.6 Å². The minimum Gasteiger partial charge on any atom is -0.200 e. The van der Waals surface area contributed by atoms with E-state index in [0.717, 1.165) is 0 Å². The molecule has 86 valence electrons. The van der Waals surface area contributed by atoms with Gasteiger partial charge in [-0.25, -0.2) is 15.6 Å². The first-order chi connectivity index (χ1) is 6.91. The van der Waals surface area contributed by atoms with Crippen molar-refractivity contribution in [3.05, 3.63) is 14.7 Å². The molecule has 0 aliphatic rings. The highest BCUT2D eigenvalue weighted by molar-refractivity contribution is 4.48. The molecular formula is C3H8N3O9+3. The van der Waals surface area contributed by atoms with Crippen LogP contribution in [0.1, 0.15) is 0 Å². The quantitative estimate of drug-likeness (QED) is 0.430. The average Bonchev–Trinajstić information content (AvgIpc) is 2.08. The van der Waals surface area contributed by atoms with Gasteiger partial charge in [0.25, 0.3) is 6.10 Å². The number of hydrogen-bond acceptors (Lipinski definition) is 6. The Balaban J connectivity index is 3.99. The highest BCUT2D eigenvalue weighted by Gasteiger charge is 2.29. The van der Waals surface area contributed by atoms with Crippen molar-refractivity contribution in [2.45, 2.75) is 6.10 Å². The molecule has 0 atom stereocenters. The van der Waals surface area contributed by atoms with Gasteiger partial charge in [0.05, 0.1) is 0 Å². The number of hydrogen-bond donors (Lipinski definition) is 3. The first-order valence-electron chi connectivity index (χ1n) is 3.32. The van der Waals surface area contributed by atoms with Crippen LogP contribution in [0.5, 0.6) is 0 Å². The van der Waals surface area contributed by atoms with Crippen LogP contribution in [0.2, 0.25) is 0 Å². The van der Waals surface area contributed by atoms with E-state index in [-0.39, 0.29) is 0 Å². The molecule has 0 bridgehead atoms. The normalized spacial score (nSPS) is 9.40. The fourth-order valence-electron chi connectivity index (χ4n) is 0.530. The summed E-state index contributed by atoms with van der Waals surface area (Å²) in [7, 11) is 0. The Kier molecular flexibility index (Phi) is 5.14. The van der Waals surface area contributed by atoms with Crippen LogP contribution in [-0.4, -0.2) is 50.2 Å². The Morgan fingerprint density at radius 3 is 1.53 bits per heavy atom. The predicted molar refractivity (Wildman–Crippen MR) is 33.0 cm³/mol. The molecule has 0 saturated heterocycles. The summed E-state index contributed by atoms with van der Waals surface area (Å²) in [6, 6.07) is 0. The molecule has 0 aliphatic heterocycles. The van der Waals surface area contributed by atoms with Crippen LogP contribution in [0.4, 0.5) is 0 Å². The molecule has 0 aromatic heterocycles. The third kappa shape index (κ3) is 7.94. The minimum absolute atomic E-state index is 0.715. The maximum Gasteiger partial charge on any atom is 0.475 e. The van der Waals surface area contributed by atoms with Gasteiger partial charge in [-0.1, -0.05) is 0 Å². The average molecular weight is 230 g/mol. The van der Waals surface area contributed by atoms with E-state index in [2.05, 4.69) is 14.5 Å². The highest BCUT2D eigenvalue weighted by atomic mass is 17.0. The molecule has 0 saturated carbocycles. The first-order valence-corrected chi connectivity index (χ1v) is 3.32. The van der Waals surface area contributed by atoms with Crippen molar-refractivity contribution in [2.24, 2.45) is 0 Å². The topological polar surface area (TPSA) is 149 Å². The fraction of sp³-hybridized carbons (Fsp3) is 1.00. The third-order valence-electron chi connectivity index (χ3n) is 0.981. The van der Waals surface area contributed by atoms with Crippen LogP contribution < -0.4 is 0 Å². The molecular weight excluding hydrogens is 222 g/mol. The molecule has 0 fully saturated rings. The summed E-state index contributed by atoms with van der Waals surface area (Å²) in [6.07, 6.45) is -1.40. The van der Waals surface area contributed by atoms with Gasteiger partial charge in [0, 0.05) is 0 Å².